The van der Waals surface area contributed by atoms with Gasteiger partial charge in [-0.1, -0.05) is 52.3 Å². The van der Waals surface area contributed by atoms with E-state index in [9.17, 15) is 22.8 Å². The van der Waals surface area contributed by atoms with Crippen molar-refractivity contribution in [3.63, 3.8) is 0 Å². The number of sulfone groups is 1. The molecule has 6 aromatic carbocycles. The number of carbonyl (C=O) groups excluding carboxylic acids is 3. The van der Waals surface area contributed by atoms with Crippen LogP contribution in [0.3, 0.4) is 0 Å². The van der Waals surface area contributed by atoms with Gasteiger partial charge in [-0.25, -0.2) is 8.42 Å². The van der Waals surface area contributed by atoms with E-state index in [1.165, 1.54) is 14.2 Å². The van der Waals surface area contributed by atoms with Gasteiger partial charge in [0, 0.05) is 66.1 Å². The van der Waals surface area contributed by atoms with Crippen LogP contribution in [0.25, 0.3) is 0 Å². The van der Waals surface area contributed by atoms with E-state index < -0.39 is 9.84 Å². The number of amides is 2. The molecule has 0 N–H and O–H groups in total. The molecule has 0 fully saturated rings. The highest BCUT2D eigenvalue weighted by Crippen LogP contribution is 2.43. The molecule has 16 heteroatoms. The van der Waals surface area contributed by atoms with Gasteiger partial charge in [-0.15, -0.1) is 0 Å². The van der Waals surface area contributed by atoms with Crippen LogP contribution >= 0.6 is 15.9 Å². The topological polar surface area (TPSA) is 163 Å². The lowest BCUT2D eigenvalue weighted by Gasteiger charge is -2.22. The number of methoxy groups -OCH3 is 2. The van der Waals surface area contributed by atoms with E-state index in [1.54, 1.807) is 58.3 Å². The third-order valence-electron chi connectivity index (χ3n) is 13.5. The van der Waals surface area contributed by atoms with Gasteiger partial charge in [-0.05, 0) is 115 Å². The number of fused-ring (bicyclic) bond motifs is 8. The van der Waals surface area contributed by atoms with Crippen molar-refractivity contribution < 1.29 is 46.5 Å². The predicted molar refractivity (Wildman–Crippen MR) is 283 cm³/mol. The van der Waals surface area contributed by atoms with Gasteiger partial charge in [0.1, 0.15) is 24.7 Å². The molecule has 14 nitrogen and oxygen atoms in total. The number of para-hydroxylation sites is 2. The molecule has 0 radical (unpaired) electrons. The lowest BCUT2D eigenvalue weighted by atomic mass is 10.1. The second-order valence-electron chi connectivity index (χ2n) is 18.4. The van der Waals surface area contributed by atoms with Gasteiger partial charge < -0.3 is 23.7 Å². The molecule has 10 rings (SSSR count). The van der Waals surface area contributed by atoms with Crippen molar-refractivity contribution in [3.8, 4) is 28.7 Å². The fraction of sp³-hybridized carbons (Fsp3) is 0.281. The van der Waals surface area contributed by atoms with Crippen molar-refractivity contribution in [2.45, 2.75) is 81.6 Å². The van der Waals surface area contributed by atoms with Crippen LogP contribution in [0.15, 0.2) is 135 Å². The Morgan fingerprint density at radius 2 is 1.12 bits per heavy atom. The summed E-state index contributed by atoms with van der Waals surface area (Å²) in [6.07, 6.45) is 7.79. The van der Waals surface area contributed by atoms with Gasteiger partial charge in [0.05, 0.1) is 66.1 Å². The molecule has 0 aliphatic carbocycles. The highest BCUT2D eigenvalue weighted by molar-refractivity contribution is 9.10. The molecule has 0 bridgehead atoms. The summed E-state index contributed by atoms with van der Waals surface area (Å²) in [7, 11) is -0.355. The van der Waals surface area contributed by atoms with Gasteiger partial charge in [-0.2, -0.15) is 0 Å². The normalized spacial score (nSPS) is 16.1. The molecule has 0 aromatic heterocycles. The van der Waals surface area contributed by atoms with E-state index in [1.807, 2.05) is 79.2 Å². The monoisotopic (exact) mass is 1060 g/mol. The fourth-order valence-corrected chi connectivity index (χ4v) is 11.4. The third-order valence-corrected chi connectivity index (χ3v) is 15.8. The standard InChI is InChI=1S/C57H53BrN4O10S/c1-68-52-28-46-48(59-32-41-26-38-11-3-5-15-50(38)61(41)56(46)64)30-54(52)71-34-36-23-37(25-44(24-36)70-21-9-7-13-43(63)14-8-10-22-73(66,67)45-19-17-40(58)18-20-45)35-72-55-31-49-47(29-53(55)69-2)57(65)62-42(33-60-49)27-39-12-4-6-16-51(39)62/h3-6,11-12,15-20,23-25,28-33,41-42H,7-10,13-14,21-22,26-27,34-35H2,1-2H3/t41-,42-/m0/s1. The zero-order valence-electron chi connectivity index (χ0n) is 40.4. The Hall–Kier alpha value is -7.30. The van der Waals surface area contributed by atoms with Crippen LogP contribution in [0.4, 0.5) is 22.7 Å². The highest BCUT2D eigenvalue weighted by Gasteiger charge is 2.38. The number of halogens is 1. The SMILES string of the molecule is COc1cc2c(cc1OCc1cc(COc3cc4c(cc3OC)C(=O)N3c5ccccc5C[C@H]3C=N4)cc(OCCCCC(=O)CCCCS(=O)(=O)c3ccc(Br)cc3)c1)N=C[C@@H]1Cc3ccccc3N1C2=O. The number of hydrogen-bond donors (Lipinski definition) is 0. The van der Waals surface area contributed by atoms with Crippen LogP contribution in [-0.4, -0.2) is 77.1 Å². The van der Waals surface area contributed by atoms with Gasteiger partial charge in [-0.3, -0.25) is 34.2 Å². The maximum atomic E-state index is 14.0. The summed E-state index contributed by atoms with van der Waals surface area (Å²) >= 11 is 3.33. The first-order chi connectivity index (χ1) is 35.5. The number of ether oxygens (including phenoxy) is 5. The second-order valence-corrected chi connectivity index (χ2v) is 21.4. The summed E-state index contributed by atoms with van der Waals surface area (Å²) in [4.78, 5) is 54.3. The minimum absolute atomic E-state index is 0.0101. The third kappa shape index (κ3) is 10.6. The summed E-state index contributed by atoms with van der Waals surface area (Å²) in [5.41, 5.74) is 7.23. The van der Waals surface area contributed by atoms with Crippen molar-refractivity contribution in [2.75, 3.05) is 36.4 Å². The molecule has 0 saturated heterocycles. The number of benzene rings is 6. The number of rotatable bonds is 20. The Morgan fingerprint density at radius 1 is 0.616 bits per heavy atom. The lowest BCUT2D eigenvalue weighted by molar-refractivity contribution is -0.119. The lowest BCUT2D eigenvalue weighted by Crippen LogP contribution is -2.37. The van der Waals surface area contributed by atoms with Crippen molar-refractivity contribution in [1.29, 1.82) is 0 Å². The molecule has 2 atom stereocenters. The zero-order chi connectivity index (χ0) is 50.6. The van der Waals surface area contributed by atoms with Crippen molar-refractivity contribution >= 4 is 78.5 Å². The summed E-state index contributed by atoms with van der Waals surface area (Å²) in [6, 6.07) is 34.5. The van der Waals surface area contributed by atoms with Gasteiger partial charge in [0.2, 0.25) is 0 Å². The molecule has 4 aliphatic heterocycles. The molecule has 2 amide bonds. The van der Waals surface area contributed by atoms with Crippen LogP contribution in [0.2, 0.25) is 0 Å². The quantitative estimate of drug-likeness (QED) is 0.0673. The number of hydrogen-bond acceptors (Lipinski definition) is 12. The molecule has 4 aliphatic rings. The first kappa shape index (κ1) is 49.3. The number of ketones is 1. The average molecular weight is 1070 g/mol. The summed E-state index contributed by atoms with van der Waals surface area (Å²) in [5.74, 6) is 1.88. The van der Waals surface area contributed by atoms with Crippen molar-refractivity contribution in [1.82, 2.24) is 0 Å². The zero-order valence-corrected chi connectivity index (χ0v) is 42.8. The van der Waals surface area contributed by atoms with E-state index in [0.29, 0.717) is 109 Å². The Labute approximate surface area is 432 Å². The van der Waals surface area contributed by atoms with Crippen molar-refractivity contribution in [3.05, 3.63) is 153 Å². The van der Waals surface area contributed by atoms with E-state index in [-0.39, 0.29) is 53.5 Å². The van der Waals surface area contributed by atoms with Gasteiger partial charge in [0.25, 0.3) is 11.8 Å². The number of carbonyl (C=O) groups is 3. The molecule has 374 valence electrons. The van der Waals surface area contributed by atoms with Crippen LogP contribution in [0.1, 0.15) is 81.5 Å². The Morgan fingerprint density at radius 3 is 1.64 bits per heavy atom. The first-order valence-corrected chi connectivity index (χ1v) is 26.8. The predicted octanol–water partition coefficient (Wildman–Crippen LogP) is 11.0. The van der Waals surface area contributed by atoms with E-state index in [4.69, 9.17) is 33.7 Å². The molecule has 0 saturated carbocycles. The first-order valence-electron chi connectivity index (χ1n) is 24.3. The van der Waals surface area contributed by atoms with Gasteiger partial charge >= 0.3 is 0 Å². The average Bonchev–Trinajstić information content (AvgIpc) is 3.89. The smallest absolute Gasteiger partial charge is 0.261 e. The maximum Gasteiger partial charge on any atom is 0.261 e. The molecule has 0 unspecified atom stereocenters. The minimum Gasteiger partial charge on any atom is -0.494 e. The maximum absolute atomic E-state index is 14.0. The van der Waals surface area contributed by atoms with E-state index in [2.05, 4.69) is 15.9 Å². The second kappa shape index (κ2) is 21.4. The largest absolute Gasteiger partial charge is 0.494 e. The molecule has 6 aromatic rings. The number of Topliss-reactive ketones (excluding diaryl/α,β-unsaturated/α-hetero) is 1. The number of unbranched alkanes of at least 4 members (excludes halogenated alkanes) is 2. The van der Waals surface area contributed by atoms with Crippen LogP contribution in [0.5, 0.6) is 28.7 Å². The van der Waals surface area contributed by atoms with Crippen LogP contribution in [-0.2, 0) is 40.7 Å². The summed E-state index contributed by atoms with van der Waals surface area (Å²) < 4.78 is 57.0. The Bertz CT molecular complexity index is 3130. The summed E-state index contributed by atoms with van der Waals surface area (Å²) in [5, 5.41) is 0. The number of anilines is 2. The minimum atomic E-state index is -3.42. The molecular weight excluding hydrogens is 1010 g/mol. The van der Waals surface area contributed by atoms with Gasteiger partial charge in [0.15, 0.2) is 32.8 Å². The van der Waals surface area contributed by atoms with E-state index >= 15 is 0 Å². The Kier molecular flexibility index (Phi) is 14.5. The van der Waals surface area contributed by atoms with Crippen LogP contribution < -0.4 is 33.5 Å². The molecule has 73 heavy (non-hydrogen) atoms. The number of aliphatic imine (C=N–C) groups is 2. The molecule has 0 spiro atoms. The van der Waals surface area contributed by atoms with E-state index in [0.717, 1.165) is 38.1 Å². The van der Waals surface area contributed by atoms with Crippen LogP contribution in [0, 0.1) is 0 Å². The molecule has 4 heterocycles. The highest BCUT2D eigenvalue weighted by atomic mass is 79.9. The number of nitrogens with zero attached hydrogens (tertiary/aromatic N) is 4. The molecular formula is C57H53BrN4O10S. The summed E-state index contributed by atoms with van der Waals surface area (Å²) in [6.45, 7) is 0.527. The van der Waals surface area contributed by atoms with Crippen molar-refractivity contribution in [2.24, 2.45) is 9.98 Å². The fourth-order valence-electron chi connectivity index (χ4n) is 9.79. The Balaban J connectivity index is 0.823.